The molecule has 122 valence electrons. The molecule has 3 aromatic rings. The number of hydrogen-bond acceptors (Lipinski definition) is 4. The van der Waals surface area contributed by atoms with Crippen molar-refractivity contribution in [3.63, 3.8) is 0 Å². The molecule has 1 aromatic heterocycles. The van der Waals surface area contributed by atoms with Crippen LogP contribution < -0.4 is 0 Å². The van der Waals surface area contributed by atoms with Gasteiger partial charge in [0.25, 0.3) is 0 Å². The number of benzene rings is 2. The molecule has 1 N–H and O–H groups in total. The van der Waals surface area contributed by atoms with E-state index in [1.807, 2.05) is 30.3 Å². The molecule has 2 aromatic carbocycles. The number of para-hydroxylation sites is 1. The molecule has 1 heterocycles. The summed E-state index contributed by atoms with van der Waals surface area (Å²) in [5, 5.41) is 10.8. The van der Waals surface area contributed by atoms with Crippen LogP contribution >= 0.6 is 46.3 Å². The summed E-state index contributed by atoms with van der Waals surface area (Å²) in [6.45, 7) is 0. The molecule has 7 heteroatoms. The Kier molecular flexibility index (Phi) is 5.46. The van der Waals surface area contributed by atoms with E-state index in [4.69, 9.17) is 28.3 Å². The maximum atomic E-state index is 11.0. The van der Waals surface area contributed by atoms with Crippen LogP contribution in [0.1, 0.15) is 10.6 Å². The minimum absolute atomic E-state index is 0.0486. The largest absolute Gasteiger partial charge is 0.481 e. The molecule has 0 spiro atoms. The van der Waals surface area contributed by atoms with Gasteiger partial charge in [-0.05, 0) is 35.9 Å². The van der Waals surface area contributed by atoms with Gasteiger partial charge in [0.15, 0.2) is 0 Å². The number of carboxylic acids is 1. The number of fused-ring (bicyclic) bond motifs is 1. The summed E-state index contributed by atoms with van der Waals surface area (Å²) < 4.78 is 1.05. The van der Waals surface area contributed by atoms with E-state index in [1.54, 1.807) is 18.2 Å². The highest BCUT2D eigenvalue weighted by atomic mass is 35.5. The van der Waals surface area contributed by atoms with E-state index >= 15 is 0 Å². The van der Waals surface area contributed by atoms with Crippen molar-refractivity contribution in [2.75, 3.05) is 5.75 Å². The first-order valence-corrected chi connectivity index (χ1v) is 9.46. The lowest BCUT2D eigenvalue weighted by atomic mass is 10.2. The summed E-state index contributed by atoms with van der Waals surface area (Å²) in [5.74, 6) is -0.929. The molecular formula is C17H11Cl2NO2S2. The van der Waals surface area contributed by atoms with Crippen molar-refractivity contribution < 1.29 is 9.90 Å². The lowest BCUT2D eigenvalue weighted by Crippen LogP contribution is -1.98. The molecular weight excluding hydrogens is 385 g/mol. The van der Waals surface area contributed by atoms with Gasteiger partial charge in [0.05, 0.1) is 16.0 Å². The Labute approximate surface area is 156 Å². The number of aromatic nitrogens is 1. The Hall–Kier alpha value is -1.53. The second-order valence-corrected chi connectivity index (χ2v) is 7.74. The predicted molar refractivity (Wildman–Crippen MR) is 104 cm³/mol. The minimum atomic E-state index is -0.880. The third kappa shape index (κ3) is 4.11. The van der Waals surface area contributed by atoms with Crippen molar-refractivity contribution in [3.8, 4) is 0 Å². The maximum absolute atomic E-state index is 11.0. The van der Waals surface area contributed by atoms with Crippen molar-refractivity contribution in [2.24, 2.45) is 0 Å². The molecule has 0 aliphatic heterocycles. The summed E-state index contributed by atoms with van der Waals surface area (Å²) in [4.78, 5) is 16.3. The highest BCUT2D eigenvalue weighted by molar-refractivity contribution is 8.09. The Morgan fingerprint density at radius 1 is 1.25 bits per heavy atom. The molecule has 0 bridgehead atoms. The summed E-state index contributed by atoms with van der Waals surface area (Å²) in [6.07, 6.45) is 1.85. The van der Waals surface area contributed by atoms with Gasteiger partial charge in [-0.3, -0.25) is 4.79 Å². The van der Waals surface area contributed by atoms with E-state index in [0.717, 1.165) is 25.7 Å². The maximum Gasteiger partial charge on any atom is 0.313 e. The number of rotatable bonds is 5. The average molecular weight is 396 g/mol. The first-order chi connectivity index (χ1) is 11.5. The van der Waals surface area contributed by atoms with Crippen LogP contribution in [-0.4, -0.2) is 21.8 Å². The molecule has 0 aliphatic carbocycles. The molecule has 3 rings (SSSR count). The molecule has 0 saturated heterocycles. The second-order valence-electron chi connectivity index (χ2n) is 4.84. The van der Waals surface area contributed by atoms with Crippen molar-refractivity contribution in [1.82, 2.24) is 4.98 Å². The van der Waals surface area contributed by atoms with Gasteiger partial charge in [0.1, 0.15) is 5.01 Å². The Morgan fingerprint density at radius 3 is 2.75 bits per heavy atom. The Balaban J connectivity index is 2.04. The summed E-state index contributed by atoms with van der Waals surface area (Å²) in [5.41, 5.74) is 1.66. The van der Waals surface area contributed by atoms with E-state index < -0.39 is 5.97 Å². The number of thiazole rings is 1. The zero-order valence-corrected chi connectivity index (χ0v) is 15.3. The molecule has 24 heavy (non-hydrogen) atoms. The molecule has 0 radical (unpaired) electrons. The monoisotopic (exact) mass is 395 g/mol. The fourth-order valence-electron chi connectivity index (χ4n) is 2.04. The fourth-order valence-corrected chi connectivity index (χ4v) is 4.34. The van der Waals surface area contributed by atoms with Crippen LogP contribution in [0.15, 0.2) is 42.5 Å². The van der Waals surface area contributed by atoms with E-state index in [2.05, 4.69) is 4.98 Å². The third-order valence-corrected chi connectivity index (χ3v) is 5.88. The lowest BCUT2D eigenvalue weighted by molar-refractivity contribution is -0.133. The summed E-state index contributed by atoms with van der Waals surface area (Å²) >= 11 is 14.9. The summed E-state index contributed by atoms with van der Waals surface area (Å²) in [7, 11) is 0. The zero-order valence-electron chi connectivity index (χ0n) is 12.2. The van der Waals surface area contributed by atoms with Crippen LogP contribution in [0.3, 0.4) is 0 Å². The first kappa shape index (κ1) is 17.3. The number of thioether (sulfide) groups is 1. The number of nitrogens with zero attached hydrogens (tertiary/aromatic N) is 1. The van der Waals surface area contributed by atoms with Gasteiger partial charge < -0.3 is 5.11 Å². The molecule has 0 unspecified atom stereocenters. The molecule has 3 nitrogen and oxygen atoms in total. The van der Waals surface area contributed by atoms with E-state index in [9.17, 15) is 4.79 Å². The van der Waals surface area contributed by atoms with Crippen LogP contribution in [0.25, 0.3) is 21.2 Å². The molecule has 0 amide bonds. The lowest BCUT2D eigenvalue weighted by Gasteiger charge is -2.04. The third-order valence-electron chi connectivity index (χ3n) is 3.10. The molecule has 0 fully saturated rings. The predicted octanol–water partition coefficient (Wildman–Crippen LogP) is 5.92. The van der Waals surface area contributed by atoms with Gasteiger partial charge >= 0.3 is 5.97 Å². The Morgan fingerprint density at radius 2 is 2.04 bits per heavy atom. The van der Waals surface area contributed by atoms with Crippen molar-refractivity contribution >= 4 is 73.5 Å². The van der Waals surface area contributed by atoms with Crippen LogP contribution in [-0.2, 0) is 4.79 Å². The first-order valence-electron chi connectivity index (χ1n) is 6.90. The molecule has 0 aliphatic rings. The van der Waals surface area contributed by atoms with Crippen LogP contribution in [0.2, 0.25) is 10.0 Å². The highest BCUT2D eigenvalue weighted by Gasteiger charge is 2.12. The number of aliphatic carboxylic acids is 1. The zero-order chi connectivity index (χ0) is 17.1. The van der Waals surface area contributed by atoms with Gasteiger partial charge in [-0.1, -0.05) is 41.4 Å². The van der Waals surface area contributed by atoms with E-state index in [0.29, 0.717) is 10.0 Å². The van der Waals surface area contributed by atoms with Crippen LogP contribution in [0.4, 0.5) is 0 Å². The van der Waals surface area contributed by atoms with Crippen LogP contribution in [0.5, 0.6) is 0 Å². The van der Waals surface area contributed by atoms with Gasteiger partial charge in [0, 0.05) is 15.0 Å². The van der Waals surface area contributed by atoms with Gasteiger partial charge in [-0.2, -0.15) is 0 Å². The SMILES string of the molecule is O=C(O)CS/C(=C\c1ccc(Cl)cc1Cl)c1nc2ccccc2s1. The van der Waals surface area contributed by atoms with Gasteiger partial charge in [-0.15, -0.1) is 23.1 Å². The van der Waals surface area contributed by atoms with Crippen molar-refractivity contribution in [2.45, 2.75) is 0 Å². The number of carboxylic acid groups (broad SMARTS) is 1. The van der Waals surface area contributed by atoms with E-state index in [1.165, 1.54) is 23.1 Å². The Bertz CT molecular complexity index is 904. The minimum Gasteiger partial charge on any atom is -0.481 e. The number of carbonyl (C=O) groups is 1. The highest BCUT2D eigenvalue weighted by Crippen LogP contribution is 2.36. The van der Waals surface area contributed by atoms with Gasteiger partial charge in [0.2, 0.25) is 0 Å². The second kappa shape index (κ2) is 7.57. The average Bonchev–Trinajstić information content (AvgIpc) is 2.97. The standard InChI is InChI=1S/C17H11Cl2NO2S2/c18-11-6-5-10(12(19)8-11)7-15(23-9-16(21)22)17-20-13-3-1-2-4-14(13)24-17/h1-8H,9H2,(H,21,22)/b15-7-. The topological polar surface area (TPSA) is 50.2 Å². The molecule has 0 atom stereocenters. The van der Waals surface area contributed by atoms with Crippen molar-refractivity contribution in [1.29, 1.82) is 0 Å². The fraction of sp³-hybridized carbons (Fsp3) is 0.0588. The van der Waals surface area contributed by atoms with Crippen LogP contribution in [0, 0.1) is 0 Å². The van der Waals surface area contributed by atoms with Crippen molar-refractivity contribution in [3.05, 3.63) is 63.1 Å². The van der Waals surface area contributed by atoms with E-state index in [-0.39, 0.29) is 5.75 Å². The summed E-state index contributed by atoms with van der Waals surface area (Å²) in [6, 6.07) is 13.0. The quantitative estimate of drug-likeness (QED) is 0.582. The normalized spacial score (nSPS) is 11.8. The molecule has 0 saturated carbocycles. The smallest absolute Gasteiger partial charge is 0.313 e. The number of hydrogen-bond donors (Lipinski definition) is 1. The van der Waals surface area contributed by atoms with Gasteiger partial charge in [-0.25, -0.2) is 4.98 Å². The number of halogens is 2.